The molecule has 1 saturated heterocycles. The molecule has 2 fully saturated rings. The minimum atomic E-state index is -0.0402. The number of nitrogens with one attached hydrogen (secondary N) is 1. The molecule has 2 rings (SSSR count). The topological polar surface area (TPSA) is 32.3 Å². The summed E-state index contributed by atoms with van der Waals surface area (Å²) < 4.78 is 0. The van der Waals surface area contributed by atoms with Crippen molar-refractivity contribution < 1.29 is 4.79 Å². The van der Waals surface area contributed by atoms with Crippen molar-refractivity contribution in [2.24, 2.45) is 11.3 Å². The van der Waals surface area contributed by atoms with E-state index >= 15 is 0 Å². The summed E-state index contributed by atoms with van der Waals surface area (Å²) in [5, 5.41) is 3.49. The molecule has 0 radical (unpaired) electrons. The van der Waals surface area contributed by atoms with Gasteiger partial charge in [-0.15, -0.1) is 0 Å². The van der Waals surface area contributed by atoms with Gasteiger partial charge in [-0.05, 0) is 44.6 Å². The second-order valence-corrected chi connectivity index (χ2v) is 7.06. The number of carbonyl (C=O) groups is 1. The standard InChI is InChI=1S/C16H30N2O/c1-13(2)11-16(8-4-5-9-16)15(19)18(3)12-14-7-6-10-17-14/h13-14,17H,4-12H2,1-3H3. The van der Waals surface area contributed by atoms with Gasteiger partial charge in [0, 0.05) is 25.0 Å². The number of amides is 1. The number of rotatable bonds is 5. The fourth-order valence-electron chi connectivity index (χ4n) is 4.07. The van der Waals surface area contributed by atoms with Crippen LogP contribution in [0.15, 0.2) is 0 Å². The van der Waals surface area contributed by atoms with Crippen LogP contribution in [0.1, 0.15) is 58.8 Å². The van der Waals surface area contributed by atoms with E-state index in [0.717, 1.165) is 32.4 Å². The van der Waals surface area contributed by atoms with E-state index in [0.29, 0.717) is 17.9 Å². The molecule has 19 heavy (non-hydrogen) atoms. The number of likely N-dealkylation sites (N-methyl/N-ethyl adjacent to an activating group) is 1. The predicted molar refractivity (Wildman–Crippen MR) is 79.0 cm³/mol. The van der Waals surface area contributed by atoms with Crippen molar-refractivity contribution in [3.63, 3.8) is 0 Å². The molecule has 3 nitrogen and oxygen atoms in total. The van der Waals surface area contributed by atoms with Crippen molar-refractivity contribution in [3.05, 3.63) is 0 Å². The average Bonchev–Trinajstić information content (AvgIpc) is 2.99. The summed E-state index contributed by atoms with van der Waals surface area (Å²) in [6, 6.07) is 0.520. The van der Waals surface area contributed by atoms with E-state index < -0.39 is 0 Å². The monoisotopic (exact) mass is 266 g/mol. The molecular weight excluding hydrogens is 236 g/mol. The molecule has 3 heteroatoms. The number of hydrogen-bond donors (Lipinski definition) is 1. The SMILES string of the molecule is CC(C)CC1(C(=O)N(C)CC2CCCN2)CCCC1. The minimum Gasteiger partial charge on any atom is -0.344 e. The lowest BCUT2D eigenvalue weighted by atomic mass is 9.77. The third-order valence-corrected chi connectivity index (χ3v) is 4.82. The quantitative estimate of drug-likeness (QED) is 0.830. The zero-order valence-electron chi connectivity index (χ0n) is 12.9. The lowest BCUT2D eigenvalue weighted by Gasteiger charge is -2.34. The maximum Gasteiger partial charge on any atom is 0.228 e. The lowest BCUT2D eigenvalue weighted by Crippen LogP contribution is -2.46. The molecule has 1 atom stereocenters. The fraction of sp³-hybridized carbons (Fsp3) is 0.938. The molecule has 0 aromatic carbocycles. The van der Waals surface area contributed by atoms with Crippen LogP contribution in [0.3, 0.4) is 0 Å². The normalized spacial score (nSPS) is 26.0. The molecule has 1 aliphatic carbocycles. The Labute approximate surface area is 118 Å². The van der Waals surface area contributed by atoms with Crippen LogP contribution in [-0.4, -0.2) is 37.0 Å². The maximum absolute atomic E-state index is 12.9. The summed E-state index contributed by atoms with van der Waals surface area (Å²) >= 11 is 0. The smallest absolute Gasteiger partial charge is 0.228 e. The van der Waals surface area contributed by atoms with E-state index in [9.17, 15) is 4.79 Å². The summed E-state index contributed by atoms with van der Waals surface area (Å²) in [5.74, 6) is 1.02. The average molecular weight is 266 g/mol. The molecule has 1 unspecified atom stereocenters. The zero-order chi connectivity index (χ0) is 13.9. The Balaban J connectivity index is 1.97. The van der Waals surface area contributed by atoms with Gasteiger partial charge in [0.15, 0.2) is 0 Å². The van der Waals surface area contributed by atoms with Gasteiger partial charge in [0.05, 0.1) is 0 Å². The van der Waals surface area contributed by atoms with E-state index in [1.165, 1.54) is 25.7 Å². The van der Waals surface area contributed by atoms with Gasteiger partial charge in [-0.25, -0.2) is 0 Å². The predicted octanol–water partition coefficient (Wildman–Crippen LogP) is 2.80. The van der Waals surface area contributed by atoms with E-state index in [1.807, 2.05) is 11.9 Å². The first kappa shape index (κ1) is 14.8. The van der Waals surface area contributed by atoms with Crippen molar-refractivity contribution in [2.45, 2.75) is 64.8 Å². The Kier molecular flexibility index (Phi) is 4.88. The van der Waals surface area contributed by atoms with Gasteiger partial charge in [0.2, 0.25) is 5.91 Å². The van der Waals surface area contributed by atoms with Gasteiger partial charge in [0.1, 0.15) is 0 Å². The molecule has 0 aromatic heterocycles. The third-order valence-electron chi connectivity index (χ3n) is 4.82. The number of nitrogens with zero attached hydrogens (tertiary/aromatic N) is 1. The maximum atomic E-state index is 12.9. The molecule has 0 bridgehead atoms. The summed E-state index contributed by atoms with van der Waals surface area (Å²) in [4.78, 5) is 14.9. The molecule has 0 spiro atoms. The fourth-order valence-corrected chi connectivity index (χ4v) is 4.07. The van der Waals surface area contributed by atoms with Crippen LogP contribution in [0.2, 0.25) is 0 Å². The van der Waals surface area contributed by atoms with Crippen molar-refractivity contribution in [1.82, 2.24) is 10.2 Å². The van der Waals surface area contributed by atoms with E-state index in [1.54, 1.807) is 0 Å². The molecule has 1 saturated carbocycles. The summed E-state index contributed by atoms with van der Waals surface area (Å²) in [5.41, 5.74) is -0.0402. The Bertz CT molecular complexity index is 302. The largest absolute Gasteiger partial charge is 0.344 e. The van der Waals surface area contributed by atoms with Crippen LogP contribution in [0.5, 0.6) is 0 Å². The highest BCUT2D eigenvalue weighted by atomic mass is 16.2. The van der Waals surface area contributed by atoms with E-state index in [2.05, 4.69) is 19.2 Å². The van der Waals surface area contributed by atoms with Crippen molar-refractivity contribution >= 4 is 5.91 Å². The Morgan fingerprint density at radius 3 is 2.53 bits per heavy atom. The van der Waals surface area contributed by atoms with Crippen LogP contribution in [0, 0.1) is 11.3 Å². The first-order chi connectivity index (χ1) is 9.03. The molecule has 1 N–H and O–H groups in total. The second kappa shape index (κ2) is 6.25. The van der Waals surface area contributed by atoms with Gasteiger partial charge in [0.25, 0.3) is 0 Å². The third kappa shape index (κ3) is 3.50. The molecule has 110 valence electrons. The highest BCUT2D eigenvalue weighted by Crippen LogP contribution is 2.44. The second-order valence-electron chi connectivity index (χ2n) is 7.06. The van der Waals surface area contributed by atoms with Gasteiger partial charge >= 0.3 is 0 Å². The minimum absolute atomic E-state index is 0.0402. The molecule has 1 amide bonds. The lowest BCUT2D eigenvalue weighted by molar-refractivity contribution is -0.141. The Morgan fingerprint density at radius 2 is 2.00 bits per heavy atom. The van der Waals surface area contributed by atoms with Crippen LogP contribution in [0.25, 0.3) is 0 Å². The first-order valence-electron chi connectivity index (χ1n) is 8.02. The molecular formula is C16H30N2O. The highest BCUT2D eigenvalue weighted by molar-refractivity contribution is 5.82. The van der Waals surface area contributed by atoms with Gasteiger partial charge < -0.3 is 10.2 Å². The summed E-state index contributed by atoms with van der Waals surface area (Å²) in [6.07, 6.45) is 8.20. The summed E-state index contributed by atoms with van der Waals surface area (Å²) in [7, 11) is 2.00. The zero-order valence-corrected chi connectivity index (χ0v) is 12.9. The molecule has 1 heterocycles. The van der Waals surface area contributed by atoms with Crippen LogP contribution < -0.4 is 5.32 Å². The van der Waals surface area contributed by atoms with Gasteiger partial charge in [-0.2, -0.15) is 0 Å². The van der Waals surface area contributed by atoms with Crippen molar-refractivity contribution in [3.8, 4) is 0 Å². The van der Waals surface area contributed by atoms with Crippen LogP contribution >= 0.6 is 0 Å². The van der Waals surface area contributed by atoms with Crippen molar-refractivity contribution in [2.75, 3.05) is 20.1 Å². The van der Waals surface area contributed by atoms with Crippen molar-refractivity contribution in [1.29, 1.82) is 0 Å². The van der Waals surface area contributed by atoms with Crippen LogP contribution in [-0.2, 0) is 4.79 Å². The van der Waals surface area contributed by atoms with Gasteiger partial charge in [-0.1, -0.05) is 26.7 Å². The van der Waals surface area contributed by atoms with E-state index in [4.69, 9.17) is 0 Å². The molecule has 2 aliphatic rings. The molecule has 0 aromatic rings. The first-order valence-corrected chi connectivity index (χ1v) is 8.02. The Morgan fingerprint density at radius 1 is 1.32 bits per heavy atom. The number of hydrogen-bond acceptors (Lipinski definition) is 2. The Hall–Kier alpha value is -0.570. The van der Waals surface area contributed by atoms with E-state index in [-0.39, 0.29) is 5.41 Å². The highest BCUT2D eigenvalue weighted by Gasteiger charge is 2.43. The van der Waals surface area contributed by atoms with Gasteiger partial charge in [-0.3, -0.25) is 4.79 Å². The number of carbonyl (C=O) groups excluding carboxylic acids is 1. The van der Waals surface area contributed by atoms with Crippen LogP contribution in [0.4, 0.5) is 0 Å². The molecule has 1 aliphatic heterocycles. The summed E-state index contributed by atoms with van der Waals surface area (Å²) in [6.45, 7) is 6.49.